The van der Waals surface area contributed by atoms with E-state index in [0.717, 1.165) is 12.4 Å². The lowest BCUT2D eigenvalue weighted by molar-refractivity contribution is 0.00132. The van der Waals surface area contributed by atoms with Crippen LogP contribution in [0.1, 0.15) is 44.6 Å². The lowest BCUT2D eigenvalue weighted by atomic mass is 10.2. The normalized spacial score (nSPS) is 13.7. The van der Waals surface area contributed by atoms with Gasteiger partial charge in [-0.2, -0.15) is 0 Å². The fourth-order valence-corrected chi connectivity index (χ4v) is 5.24. The van der Waals surface area contributed by atoms with E-state index in [0.29, 0.717) is 17.4 Å². The van der Waals surface area contributed by atoms with Crippen LogP contribution in [0, 0.1) is 5.82 Å². The van der Waals surface area contributed by atoms with Gasteiger partial charge in [-0.05, 0) is 26.8 Å². The summed E-state index contributed by atoms with van der Waals surface area (Å²) in [5.74, 6) is -0.189. The Morgan fingerprint density at radius 2 is 1.66 bits per heavy atom. The SMILES string of the molecule is COCC(COC)n1c(CS(=O)(=O)[C@@H](C)[C@@H](OC(C)C)c2ncc(F)cn2)nnc1-c1cccc(OC)n1. The zero-order valence-corrected chi connectivity index (χ0v) is 23.1. The molecule has 0 unspecified atom stereocenters. The summed E-state index contributed by atoms with van der Waals surface area (Å²) in [5.41, 5.74) is 0.437. The number of hydrogen-bond donors (Lipinski definition) is 0. The third-order valence-electron chi connectivity index (χ3n) is 5.65. The fraction of sp³-hybridized carbons (Fsp3) is 0.542. The van der Waals surface area contributed by atoms with Gasteiger partial charge < -0.3 is 23.5 Å². The smallest absolute Gasteiger partial charge is 0.213 e. The molecule has 12 nitrogen and oxygen atoms in total. The van der Waals surface area contributed by atoms with Crippen molar-refractivity contribution in [1.29, 1.82) is 0 Å². The minimum absolute atomic E-state index is 0.0653. The Morgan fingerprint density at radius 3 is 2.24 bits per heavy atom. The zero-order chi connectivity index (χ0) is 27.9. The molecule has 3 heterocycles. The predicted octanol–water partition coefficient (Wildman–Crippen LogP) is 2.58. The van der Waals surface area contributed by atoms with Crippen LogP contribution in [0.25, 0.3) is 11.5 Å². The van der Waals surface area contributed by atoms with E-state index in [4.69, 9.17) is 18.9 Å². The van der Waals surface area contributed by atoms with Crippen molar-refractivity contribution in [2.75, 3.05) is 34.5 Å². The molecule has 0 spiro atoms. The molecule has 0 fully saturated rings. The van der Waals surface area contributed by atoms with Crippen LogP contribution >= 0.6 is 0 Å². The quantitative estimate of drug-likeness (QED) is 0.291. The summed E-state index contributed by atoms with van der Waals surface area (Å²) in [6.45, 7) is 5.43. The van der Waals surface area contributed by atoms with Gasteiger partial charge in [0.25, 0.3) is 0 Å². The maximum Gasteiger partial charge on any atom is 0.213 e. The summed E-state index contributed by atoms with van der Waals surface area (Å²) in [6.07, 6.45) is 0.573. The number of ether oxygens (including phenoxy) is 4. The van der Waals surface area contributed by atoms with Crippen LogP contribution in [0.15, 0.2) is 30.6 Å². The lowest BCUT2D eigenvalue weighted by Crippen LogP contribution is -2.32. The summed E-state index contributed by atoms with van der Waals surface area (Å²) in [4.78, 5) is 12.4. The molecule has 0 amide bonds. The first-order valence-corrected chi connectivity index (χ1v) is 13.6. The summed E-state index contributed by atoms with van der Waals surface area (Å²) in [6, 6.07) is 4.70. The first-order chi connectivity index (χ1) is 18.1. The Morgan fingerprint density at radius 1 is 1.00 bits per heavy atom. The zero-order valence-electron chi connectivity index (χ0n) is 22.2. The molecule has 0 aliphatic carbocycles. The van der Waals surface area contributed by atoms with Crippen LogP contribution in [-0.4, -0.2) is 84.0 Å². The van der Waals surface area contributed by atoms with Crippen LogP contribution in [-0.2, 0) is 29.8 Å². The van der Waals surface area contributed by atoms with Gasteiger partial charge in [-0.1, -0.05) is 6.07 Å². The Balaban J connectivity index is 2.05. The van der Waals surface area contributed by atoms with Crippen molar-refractivity contribution >= 4 is 9.84 Å². The standard InChI is InChI=1S/C24H33FN6O6S/c1-15(2)37-22(23-26-10-17(25)11-27-23)16(3)38(32,33)14-20-29-30-24(19-8-7-9-21(28-19)36-6)31(20)18(12-34-4)13-35-5/h7-11,15-16,18,22H,12-14H2,1-6H3/t16-,22+/m0/s1. The van der Waals surface area contributed by atoms with Crippen molar-refractivity contribution in [1.82, 2.24) is 29.7 Å². The minimum atomic E-state index is -3.93. The molecule has 0 saturated carbocycles. The van der Waals surface area contributed by atoms with E-state index in [9.17, 15) is 12.8 Å². The Kier molecular flexibility index (Phi) is 10.2. The molecule has 3 aromatic rings. The van der Waals surface area contributed by atoms with Gasteiger partial charge in [0.05, 0.1) is 50.1 Å². The van der Waals surface area contributed by atoms with E-state index in [2.05, 4.69) is 25.1 Å². The molecule has 0 aliphatic rings. The maximum atomic E-state index is 13.7. The van der Waals surface area contributed by atoms with E-state index in [1.807, 2.05) is 0 Å². The number of nitrogens with zero attached hydrogens (tertiary/aromatic N) is 6. The van der Waals surface area contributed by atoms with Crippen LogP contribution < -0.4 is 4.74 Å². The van der Waals surface area contributed by atoms with Gasteiger partial charge in [-0.25, -0.2) is 27.8 Å². The maximum absolute atomic E-state index is 13.7. The van der Waals surface area contributed by atoms with Crippen LogP contribution in [0.5, 0.6) is 5.88 Å². The number of sulfone groups is 1. The molecular weight excluding hydrogens is 519 g/mol. The molecule has 14 heteroatoms. The highest BCUT2D eigenvalue weighted by Crippen LogP contribution is 2.29. The Labute approximate surface area is 221 Å². The first kappa shape index (κ1) is 29.5. The third kappa shape index (κ3) is 7.07. The predicted molar refractivity (Wildman–Crippen MR) is 136 cm³/mol. The summed E-state index contributed by atoms with van der Waals surface area (Å²) in [7, 11) is 0.629. The summed E-state index contributed by atoms with van der Waals surface area (Å²) >= 11 is 0. The molecule has 208 valence electrons. The number of halogens is 1. The van der Waals surface area contributed by atoms with E-state index >= 15 is 0 Å². The third-order valence-corrected chi connectivity index (χ3v) is 7.69. The molecule has 3 aromatic heterocycles. The number of aromatic nitrogens is 6. The highest BCUT2D eigenvalue weighted by Gasteiger charge is 2.36. The average molecular weight is 553 g/mol. The van der Waals surface area contributed by atoms with Crippen molar-refractivity contribution in [2.45, 2.75) is 50.0 Å². The van der Waals surface area contributed by atoms with Crippen LogP contribution in [0.3, 0.4) is 0 Å². The van der Waals surface area contributed by atoms with Gasteiger partial charge in [0.15, 0.2) is 27.3 Å². The van der Waals surface area contributed by atoms with Crippen molar-refractivity contribution < 1.29 is 31.8 Å². The largest absolute Gasteiger partial charge is 0.481 e. The molecule has 2 atom stereocenters. The molecule has 3 rings (SSSR count). The van der Waals surface area contributed by atoms with Crippen molar-refractivity contribution in [3.63, 3.8) is 0 Å². The molecule has 0 saturated heterocycles. The molecule has 0 bridgehead atoms. The molecule has 0 aromatic carbocycles. The fourth-order valence-electron chi connectivity index (χ4n) is 3.86. The topological polar surface area (TPSA) is 140 Å². The van der Waals surface area contributed by atoms with E-state index < -0.39 is 38.8 Å². The number of rotatable bonds is 14. The van der Waals surface area contributed by atoms with Gasteiger partial charge in [0.1, 0.15) is 23.4 Å². The van der Waals surface area contributed by atoms with Gasteiger partial charge in [-0.3, -0.25) is 0 Å². The molecule has 0 aliphatic heterocycles. The van der Waals surface area contributed by atoms with Crippen molar-refractivity contribution in [3.8, 4) is 17.4 Å². The van der Waals surface area contributed by atoms with E-state index in [1.54, 1.807) is 36.6 Å². The van der Waals surface area contributed by atoms with Gasteiger partial charge in [-0.15, -0.1) is 10.2 Å². The average Bonchev–Trinajstić information content (AvgIpc) is 3.29. The second-order valence-corrected chi connectivity index (χ2v) is 11.2. The molecular formula is C24H33FN6O6S. The minimum Gasteiger partial charge on any atom is -0.481 e. The second-order valence-electron chi connectivity index (χ2n) is 8.82. The van der Waals surface area contributed by atoms with Gasteiger partial charge in [0, 0.05) is 20.3 Å². The van der Waals surface area contributed by atoms with E-state index in [-0.39, 0.29) is 31.0 Å². The second kappa shape index (κ2) is 13.1. The highest BCUT2D eigenvalue weighted by molar-refractivity contribution is 7.91. The number of methoxy groups -OCH3 is 3. The number of pyridine rings is 1. The Bertz CT molecular complexity index is 1280. The molecule has 38 heavy (non-hydrogen) atoms. The highest BCUT2D eigenvalue weighted by atomic mass is 32.2. The number of hydrogen-bond acceptors (Lipinski definition) is 11. The van der Waals surface area contributed by atoms with E-state index in [1.165, 1.54) is 28.3 Å². The Hall–Kier alpha value is -3.07. The van der Waals surface area contributed by atoms with Gasteiger partial charge >= 0.3 is 0 Å². The van der Waals surface area contributed by atoms with Crippen LogP contribution in [0.4, 0.5) is 4.39 Å². The molecule has 0 radical (unpaired) electrons. The molecule has 0 N–H and O–H groups in total. The van der Waals surface area contributed by atoms with Crippen LogP contribution in [0.2, 0.25) is 0 Å². The summed E-state index contributed by atoms with van der Waals surface area (Å²) < 4.78 is 64.4. The van der Waals surface area contributed by atoms with Crippen molar-refractivity contribution in [2.24, 2.45) is 0 Å². The van der Waals surface area contributed by atoms with Gasteiger partial charge in [0.2, 0.25) is 5.88 Å². The van der Waals surface area contributed by atoms with Crippen molar-refractivity contribution in [3.05, 3.63) is 48.1 Å². The first-order valence-electron chi connectivity index (χ1n) is 11.9. The lowest BCUT2D eigenvalue weighted by Gasteiger charge is -2.26. The monoisotopic (exact) mass is 552 g/mol. The summed E-state index contributed by atoms with van der Waals surface area (Å²) in [5, 5.41) is 7.40.